The molecule has 2 aromatic carbocycles. The summed E-state index contributed by atoms with van der Waals surface area (Å²) < 4.78 is 26.5. The molecule has 0 aromatic heterocycles. The van der Waals surface area contributed by atoms with Gasteiger partial charge in [0.15, 0.2) is 5.76 Å². The van der Waals surface area contributed by atoms with Gasteiger partial charge in [-0.15, -0.1) is 0 Å². The number of benzene rings is 2. The van der Waals surface area contributed by atoms with Gasteiger partial charge in [0, 0.05) is 25.1 Å². The van der Waals surface area contributed by atoms with Crippen molar-refractivity contribution < 1.29 is 18.4 Å². The fourth-order valence-corrected chi connectivity index (χ4v) is 3.42. The number of aryl methyl sites for hydroxylation is 1. The van der Waals surface area contributed by atoms with E-state index in [1.54, 1.807) is 23.1 Å². The number of rotatable bonds is 5. The topological polar surface area (TPSA) is 79.3 Å². The molecule has 2 N–H and O–H groups in total. The molecule has 0 bridgehead atoms. The van der Waals surface area contributed by atoms with Crippen molar-refractivity contribution >= 4 is 11.7 Å². The molecule has 1 amide bonds. The average molecular weight is 397 g/mol. The van der Waals surface area contributed by atoms with Gasteiger partial charge >= 0.3 is 0 Å². The lowest BCUT2D eigenvalue weighted by atomic mass is 9.97. The van der Waals surface area contributed by atoms with Crippen molar-refractivity contribution in [3.63, 3.8) is 0 Å². The Balaban J connectivity index is 1.62. The number of nitrogens with two attached hydrogens (primary N) is 1. The molecule has 1 aliphatic heterocycles. The van der Waals surface area contributed by atoms with Crippen molar-refractivity contribution in [3.8, 4) is 6.07 Å². The van der Waals surface area contributed by atoms with Crippen LogP contribution >= 0.6 is 0 Å². The number of halogens is 2. The highest BCUT2D eigenvalue weighted by Crippen LogP contribution is 2.28. The average Bonchev–Trinajstić information content (AvgIpc) is 2.75. The number of nitrogens with zero attached hydrogens (tertiary/aromatic N) is 2. The summed E-state index contributed by atoms with van der Waals surface area (Å²) in [5.74, 6) is 5.00. The summed E-state index contributed by atoms with van der Waals surface area (Å²) in [6.07, 6.45) is 2.07. The third-order valence-corrected chi connectivity index (χ3v) is 5.05. The van der Waals surface area contributed by atoms with Gasteiger partial charge in [0.2, 0.25) is 5.91 Å². The number of nitriles is 1. The Bertz CT molecular complexity index is 955. The van der Waals surface area contributed by atoms with E-state index in [-0.39, 0.29) is 17.3 Å². The van der Waals surface area contributed by atoms with Crippen LogP contribution in [0.3, 0.4) is 0 Å². The normalized spacial score (nSPS) is 13.7. The SMILES string of the molecule is N#Cc1cc(C(ON)=C2CCN(C(=O)CCc3ccc(F)cc3)CC2)ccc1F. The molecule has 1 heterocycles. The highest BCUT2D eigenvalue weighted by atomic mass is 19.1. The van der Waals surface area contributed by atoms with Gasteiger partial charge < -0.3 is 9.74 Å². The predicted octanol–water partition coefficient (Wildman–Crippen LogP) is 3.69. The second kappa shape index (κ2) is 9.30. The molecule has 5 nitrogen and oxygen atoms in total. The molecule has 1 saturated heterocycles. The largest absolute Gasteiger partial charge is 0.411 e. The van der Waals surface area contributed by atoms with E-state index in [1.807, 2.05) is 0 Å². The monoisotopic (exact) mass is 397 g/mol. The maximum atomic E-state index is 13.6. The summed E-state index contributed by atoms with van der Waals surface area (Å²) >= 11 is 0. The number of likely N-dealkylation sites (tertiary alicyclic amines) is 1. The van der Waals surface area contributed by atoms with E-state index in [0.29, 0.717) is 50.1 Å². The van der Waals surface area contributed by atoms with Crippen molar-refractivity contribution in [2.75, 3.05) is 13.1 Å². The van der Waals surface area contributed by atoms with Gasteiger partial charge in [0.05, 0.1) is 5.56 Å². The first-order chi connectivity index (χ1) is 14.0. The van der Waals surface area contributed by atoms with E-state index in [4.69, 9.17) is 16.0 Å². The molecule has 150 valence electrons. The number of amides is 1. The van der Waals surface area contributed by atoms with Gasteiger partial charge in [-0.3, -0.25) is 4.79 Å². The number of carbonyl (C=O) groups is 1. The minimum Gasteiger partial charge on any atom is -0.411 e. The summed E-state index contributed by atoms with van der Waals surface area (Å²) in [4.78, 5) is 19.3. The van der Waals surface area contributed by atoms with Crippen LogP contribution in [0.1, 0.15) is 36.0 Å². The van der Waals surface area contributed by atoms with Gasteiger partial charge in [0.25, 0.3) is 0 Å². The lowest BCUT2D eigenvalue weighted by Gasteiger charge is -2.29. The Morgan fingerprint density at radius 1 is 1.14 bits per heavy atom. The van der Waals surface area contributed by atoms with Gasteiger partial charge in [-0.1, -0.05) is 12.1 Å². The van der Waals surface area contributed by atoms with E-state index in [2.05, 4.69) is 0 Å². The van der Waals surface area contributed by atoms with Crippen molar-refractivity contribution in [2.45, 2.75) is 25.7 Å². The summed E-state index contributed by atoms with van der Waals surface area (Å²) in [5.41, 5.74) is 2.30. The van der Waals surface area contributed by atoms with E-state index in [0.717, 1.165) is 11.1 Å². The van der Waals surface area contributed by atoms with E-state index in [9.17, 15) is 13.6 Å². The zero-order valence-electron chi connectivity index (χ0n) is 15.8. The zero-order valence-corrected chi connectivity index (χ0v) is 15.8. The molecule has 2 aromatic rings. The van der Waals surface area contributed by atoms with Crippen LogP contribution in [0.2, 0.25) is 0 Å². The molecule has 0 spiro atoms. The highest BCUT2D eigenvalue weighted by molar-refractivity contribution is 5.77. The van der Waals surface area contributed by atoms with Gasteiger partial charge in [-0.2, -0.15) is 11.2 Å². The van der Waals surface area contributed by atoms with Crippen LogP contribution in [0.5, 0.6) is 0 Å². The maximum absolute atomic E-state index is 13.6. The number of hydrogen-bond donors (Lipinski definition) is 1. The molecular weight excluding hydrogens is 376 g/mol. The summed E-state index contributed by atoms with van der Waals surface area (Å²) in [6.45, 7) is 1.05. The Hall–Kier alpha value is -3.24. The quantitative estimate of drug-likeness (QED) is 0.616. The molecule has 3 rings (SSSR count). The van der Waals surface area contributed by atoms with Gasteiger partial charge in [-0.05, 0) is 60.7 Å². The first kappa shape index (κ1) is 20.5. The Morgan fingerprint density at radius 2 is 1.83 bits per heavy atom. The predicted molar refractivity (Wildman–Crippen MR) is 104 cm³/mol. The van der Waals surface area contributed by atoms with Crippen LogP contribution in [-0.4, -0.2) is 23.9 Å². The van der Waals surface area contributed by atoms with Gasteiger partial charge in [-0.25, -0.2) is 8.78 Å². The smallest absolute Gasteiger partial charge is 0.222 e. The van der Waals surface area contributed by atoms with E-state index >= 15 is 0 Å². The van der Waals surface area contributed by atoms with Crippen LogP contribution in [0.4, 0.5) is 8.78 Å². The molecule has 1 fully saturated rings. The molecule has 0 aliphatic carbocycles. The number of hydrogen-bond acceptors (Lipinski definition) is 4. The maximum Gasteiger partial charge on any atom is 0.222 e. The van der Waals surface area contributed by atoms with Crippen molar-refractivity contribution in [1.29, 1.82) is 5.26 Å². The van der Waals surface area contributed by atoms with Gasteiger partial charge in [0.1, 0.15) is 17.7 Å². The Kier molecular flexibility index (Phi) is 6.57. The second-order valence-corrected chi connectivity index (χ2v) is 6.86. The number of carbonyl (C=O) groups excluding carboxylic acids is 1. The fourth-order valence-electron chi connectivity index (χ4n) is 3.42. The molecule has 7 heteroatoms. The third-order valence-electron chi connectivity index (χ3n) is 5.05. The molecule has 0 unspecified atom stereocenters. The Morgan fingerprint density at radius 3 is 2.45 bits per heavy atom. The molecule has 29 heavy (non-hydrogen) atoms. The minimum absolute atomic E-state index is 0.0390. The van der Waals surface area contributed by atoms with Crippen molar-refractivity contribution in [1.82, 2.24) is 4.90 Å². The molecular formula is C22H21F2N3O2. The number of piperidine rings is 1. The summed E-state index contributed by atoms with van der Waals surface area (Å²) in [5, 5.41) is 9.01. The molecule has 1 aliphatic rings. The first-order valence-electron chi connectivity index (χ1n) is 9.33. The molecule has 0 atom stereocenters. The minimum atomic E-state index is -0.598. The Labute approximate surface area is 167 Å². The standard InChI is InChI=1S/C22H21F2N3O2/c23-19-5-1-15(2-6-19)3-8-21(28)27-11-9-16(10-12-27)22(29-26)17-4-7-20(24)18(13-17)14-25/h1-2,4-7,13H,3,8-12,26H2. The fraction of sp³-hybridized carbons (Fsp3) is 0.273. The lowest BCUT2D eigenvalue weighted by Crippen LogP contribution is -2.36. The van der Waals surface area contributed by atoms with Crippen molar-refractivity contribution in [2.24, 2.45) is 5.90 Å². The summed E-state index contributed by atoms with van der Waals surface area (Å²) in [6, 6.07) is 12.1. The summed E-state index contributed by atoms with van der Waals surface area (Å²) in [7, 11) is 0. The van der Waals surface area contributed by atoms with E-state index in [1.165, 1.54) is 30.3 Å². The van der Waals surface area contributed by atoms with Crippen LogP contribution in [0, 0.1) is 23.0 Å². The lowest BCUT2D eigenvalue weighted by molar-refractivity contribution is -0.131. The first-order valence-corrected chi connectivity index (χ1v) is 9.33. The molecule has 0 saturated carbocycles. The third kappa shape index (κ3) is 4.98. The highest BCUT2D eigenvalue weighted by Gasteiger charge is 2.22. The van der Waals surface area contributed by atoms with Crippen LogP contribution in [-0.2, 0) is 16.1 Å². The van der Waals surface area contributed by atoms with E-state index < -0.39 is 5.82 Å². The van der Waals surface area contributed by atoms with Crippen LogP contribution < -0.4 is 5.90 Å². The molecule has 0 radical (unpaired) electrons. The second-order valence-electron chi connectivity index (χ2n) is 6.86. The van der Waals surface area contributed by atoms with Crippen LogP contribution in [0.25, 0.3) is 5.76 Å². The van der Waals surface area contributed by atoms with Crippen molar-refractivity contribution in [3.05, 3.63) is 76.4 Å². The zero-order chi connectivity index (χ0) is 20.8. The van der Waals surface area contributed by atoms with Crippen LogP contribution in [0.15, 0.2) is 48.0 Å².